The molecule has 0 saturated heterocycles. The molecule has 1 aliphatic rings. The zero-order chi connectivity index (χ0) is 28.9. The Morgan fingerprint density at radius 1 is 0.854 bits per heavy atom. The monoisotopic (exact) mass is 574 g/mol. The number of hydrogen-bond acceptors (Lipinski definition) is 9. The van der Waals surface area contributed by atoms with Crippen LogP contribution >= 0.6 is 11.7 Å². The molecule has 4 aromatic rings. The number of allylic oxidation sites excluding steroid dienone is 1. The first-order chi connectivity index (χ1) is 19.9. The number of carbonyl (C=O) groups excluding carboxylic acids is 1. The van der Waals surface area contributed by atoms with Gasteiger partial charge in [-0.3, -0.25) is 4.79 Å². The number of rotatable bonds is 11. The molecule has 0 unspecified atom stereocenters. The summed E-state index contributed by atoms with van der Waals surface area (Å²) in [4.78, 5) is 26.9. The average molecular weight is 575 g/mol. The van der Waals surface area contributed by atoms with Crippen molar-refractivity contribution in [1.82, 2.24) is 8.75 Å². The van der Waals surface area contributed by atoms with Crippen molar-refractivity contribution in [2.75, 3.05) is 21.3 Å². The minimum Gasteiger partial charge on any atom is -0.497 e. The molecule has 0 spiro atoms. The molecule has 10 heteroatoms. The third-order valence-corrected chi connectivity index (χ3v) is 7.72. The SMILES string of the molecule is COc1ccc(C(=O)C(Cc2cc(OC)c(OC)c(OC3CCCC3)c2)=C(C(=O)O)c2ccc3nsnc3c2)cc1. The molecule has 1 saturated carbocycles. The molecule has 9 nitrogen and oxygen atoms in total. The highest BCUT2D eigenvalue weighted by Crippen LogP contribution is 2.41. The summed E-state index contributed by atoms with van der Waals surface area (Å²) in [7, 11) is 4.61. The molecule has 0 amide bonds. The summed E-state index contributed by atoms with van der Waals surface area (Å²) in [6.07, 6.45) is 4.11. The summed E-state index contributed by atoms with van der Waals surface area (Å²) < 4.78 is 31.3. The van der Waals surface area contributed by atoms with E-state index in [0.717, 1.165) is 37.4 Å². The van der Waals surface area contributed by atoms with Crippen molar-refractivity contribution in [2.45, 2.75) is 38.2 Å². The largest absolute Gasteiger partial charge is 0.497 e. The van der Waals surface area contributed by atoms with E-state index in [4.69, 9.17) is 18.9 Å². The van der Waals surface area contributed by atoms with E-state index in [2.05, 4.69) is 8.75 Å². The highest BCUT2D eigenvalue weighted by molar-refractivity contribution is 7.00. The van der Waals surface area contributed by atoms with Gasteiger partial charge in [0.05, 0.1) is 44.7 Å². The average Bonchev–Trinajstić information content (AvgIpc) is 3.68. The van der Waals surface area contributed by atoms with Gasteiger partial charge in [-0.2, -0.15) is 8.75 Å². The molecule has 0 aliphatic heterocycles. The number of benzene rings is 3. The lowest BCUT2D eigenvalue weighted by Gasteiger charge is -2.20. The lowest BCUT2D eigenvalue weighted by atomic mass is 9.89. The number of ether oxygens (including phenoxy) is 4. The second-order valence-corrected chi connectivity index (χ2v) is 10.2. The van der Waals surface area contributed by atoms with Crippen LogP contribution in [0.3, 0.4) is 0 Å². The molecule has 0 bridgehead atoms. The minimum atomic E-state index is -1.23. The molecule has 0 radical (unpaired) electrons. The quantitative estimate of drug-likeness (QED) is 0.170. The van der Waals surface area contributed by atoms with E-state index < -0.39 is 11.8 Å². The fourth-order valence-electron chi connectivity index (χ4n) is 5.13. The van der Waals surface area contributed by atoms with E-state index in [1.807, 2.05) is 0 Å². The number of ketones is 1. The van der Waals surface area contributed by atoms with Crippen molar-refractivity contribution < 1.29 is 33.6 Å². The molecule has 3 aromatic carbocycles. The predicted molar refractivity (Wildman–Crippen MR) is 155 cm³/mol. The molecular formula is C31H30N2O7S. The molecule has 212 valence electrons. The van der Waals surface area contributed by atoms with E-state index in [1.54, 1.807) is 61.7 Å². The Bertz CT molecular complexity index is 1600. The zero-order valence-corrected chi connectivity index (χ0v) is 23.8. The van der Waals surface area contributed by atoms with Gasteiger partial charge in [0.15, 0.2) is 17.3 Å². The van der Waals surface area contributed by atoms with Crippen molar-refractivity contribution in [3.63, 3.8) is 0 Å². The van der Waals surface area contributed by atoms with Crippen LogP contribution < -0.4 is 18.9 Å². The summed E-state index contributed by atoms with van der Waals surface area (Å²) in [6.45, 7) is 0. The second-order valence-electron chi connectivity index (χ2n) is 9.71. The van der Waals surface area contributed by atoms with Crippen LogP contribution in [0.15, 0.2) is 60.2 Å². The summed E-state index contributed by atoms with van der Waals surface area (Å²) >= 11 is 1.04. The van der Waals surface area contributed by atoms with Crippen LogP contribution in [0.1, 0.15) is 47.2 Å². The number of aliphatic carboxylic acids is 1. The topological polar surface area (TPSA) is 117 Å². The highest BCUT2D eigenvalue weighted by atomic mass is 32.1. The van der Waals surface area contributed by atoms with Crippen LogP contribution in [0.4, 0.5) is 0 Å². The Balaban J connectivity index is 1.66. The number of aromatic nitrogens is 2. The first-order valence-electron chi connectivity index (χ1n) is 13.2. The molecule has 5 rings (SSSR count). The molecule has 1 heterocycles. The van der Waals surface area contributed by atoms with Gasteiger partial charge in [0, 0.05) is 17.6 Å². The number of hydrogen-bond donors (Lipinski definition) is 1. The smallest absolute Gasteiger partial charge is 0.336 e. The minimum absolute atomic E-state index is 0.00122. The molecule has 41 heavy (non-hydrogen) atoms. The van der Waals surface area contributed by atoms with Crippen LogP contribution in [0.5, 0.6) is 23.0 Å². The third kappa shape index (κ3) is 6.02. The first kappa shape index (κ1) is 28.1. The van der Waals surface area contributed by atoms with Crippen LogP contribution in [-0.4, -0.2) is 53.0 Å². The summed E-state index contributed by atoms with van der Waals surface area (Å²) in [6, 6.07) is 15.1. The standard InChI is InChI=1S/C31H30N2O7S/c1-37-21-11-8-19(9-12-21)29(34)23(28(31(35)36)20-10-13-24-25(17-20)33-41-32-24)14-18-15-26(38-2)30(39-3)27(16-18)40-22-6-4-5-7-22/h8-13,15-17,22H,4-7,14H2,1-3H3,(H,35,36). The maximum absolute atomic E-state index is 14.0. The summed E-state index contributed by atoms with van der Waals surface area (Å²) in [5, 5.41) is 10.5. The summed E-state index contributed by atoms with van der Waals surface area (Å²) in [5.41, 5.74) is 2.53. The van der Waals surface area contributed by atoms with Crippen molar-refractivity contribution in [3.8, 4) is 23.0 Å². The van der Waals surface area contributed by atoms with Gasteiger partial charge in [0.1, 0.15) is 16.8 Å². The van der Waals surface area contributed by atoms with Crippen LogP contribution in [-0.2, 0) is 11.2 Å². The van der Waals surface area contributed by atoms with Gasteiger partial charge in [0.2, 0.25) is 5.75 Å². The van der Waals surface area contributed by atoms with Crippen LogP contribution in [0.2, 0.25) is 0 Å². The number of nitrogens with zero attached hydrogens (tertiary/aromatic N) is 2. The summed E-state index contributed by atoms with van der Waals surface area (Å²) in [5.74, 6) is 0.315. The Hall–Kier alpha value is -4.44. The van der Waals surface area contributed by atoms with E-state index in [-0.39, 0.29) is 23.7 Å². The zero-order valence-electron chi connectivity index (χ0n) is 23.0. The molecule has 0 atom stereocenters. The van der Waals surface area contributed by atoms with Crippen LogP contribution in [0.25, 0.3) is 16.6 Å². The number of methoxy groups -OCH3 is 3. The van der Waals surface area contributed by atoms with E-state index in [1.165, 1.54) is 14.2 Å². The van der Waals surface area contributed by atoms with Gasteiger partial charge in [-0.15, -0.1) is 0 Å². The van der Waals surface area contributed by atoms with Crippen LogP contribution in [0, 0.1) is 0 Å². The van der Waals surface area contributed by atoms with Crippen molar-refractivity contribution in [1.29, 1.82) is 0 Å². The maximum Gasteiger partial charge on any atom is 0.336 e. The predicted octanol–water partition coefficient (Wildman–Crippen LogP) is 6.00. The number of fused-ring (bicyclic) bond motifs is 1. The molecule has 1 aliphatic carbocycles. The highest BCUT2D eigenvalue weighted by Gasteiger charge is 2.27. The Morgan fingerprint density at radius 2 is 1.54 bits per heavy atom. The fraction of sp³-hybridized carbons (Fsp3) is 0.290. The number of carbonyl (C=O) groups is 2. The molecule has 1 aromatic heterocycles. The Morgan fingerprint density at radius 3 is 2.20 bits per heavy atom. The second kappa shape index (κ2) is 12.4. The van der Waals surface area contributed by atoms with Crippen molar-refractivity contribution in [2.24, 2.45) is 0 Å². The lowest BCUT2D eigenvalue weighted by Crippen LogP contribution is -2.15. The van der Waals surface area contributed by atoms with Gasteiger partial charge in [-0.25, -0.2) is 4.79 Å². The lowest BCUT2D eigenvalue weighted by molar-refractivity contribution is -0.130. The molecule has 1 N–H and O–H groups in total. The Labute approximate surface area is 241 Å². The van der Waals surface area contributed by atoms with Crippen molar-refractivity contribution >= 4 is 40.1 Å². The fourth-order valence-corrected chi connectivity index (χ4v) is 5.64. The first-order valence-corrected chi connectivity index (χ1v) is 13.9. The maximum atomic E-state index is 14.0. The number of Topliss-reactive ketones (excluding diaryl/α,β-unsaturated/α-hetero) is 1. The Kier molecular flexibility index (Phi) is 8.49. The normalized spacial score (nSPS) is 14.0. The van der Waals surface area contributed by atoms with Gasteiger partial charge in [-0.1, -0.05) is 6.07 Å². The van der Waals surface area contributed by atoms with Gasteiger partial charge in [0.25, 0.3) is 0 Å². The van der Waals surface area contributed by atoms with Gasteiger partial charge in [-0.05, 0) is 85.3 Å². The van der Waals surface area contributed by atoms with E-state index in [0.29, 0.717) is 50.7 Å². The van der Waals surface area contributed by atoms with Crippen molar-refractivity contribution in [3.05, 3.63) is 76.9 Å². The molecular weight excluding hydrogens is 544 g/mol. The van der Waals surface area contributed by atoms with E-state index in [9.17, 15) is 14.7 Å². The van der Waals surface area contributed by atoms with Gasteiger partial charge < -0.3 is 24.1 Å². The third-order valence-electron chi connectivity index (χ3n) is 7.17. The van der Waals surface area contributed by atoms with Gasteiger partial charge >= 0.3 is 5.97 Å². The molecule has 1 fully saturated rings. The number of carboxylic acid groups (broad SMARTS) is 1. The number of carboxylic acids is 1. The van der Waals surface area contributed by atoms with E-state index >= 15 is 0 Å².